The maximum atomic E-state index is 13.4. The third kappa shape index (κ3) is 4.77. The maximum absolute atomic E-state index is 13.4. The number of rotatable bonds is 6. The second kappa shape index (κ2) is 10.1. The van der Waals surface area contributed by atoms with Crippen molar-refractivity contribution in [2.45, 2.75) is 51.8 Å². The predicted molar refractivity (Wildman–Crippen MR) is 144 cm³/mol. The highest BCUT2D eigenvalue weighted by Gasteiger charge is 2.29. The van der Waals surface area contributed by atoms with E-state index in [-0.39, 0.29) is 47.5 Å². The average molecular weight is 555 g/mol. The van der Waals surface area contributed by atoms with Gasteiger partial charge in [0, 0.05) is 24.6 Å². The Kier molecular flexibility index (Phi) is 6.45. The number of Topliss-reactive ketones (excluding diaryl/α,β-unsaturated/α-hetero) is 1. The third-order valence-electron chi connectivity index (χ3n) is 7.65. The molecule has 0 fully saturated rings. The van der Waals surface area contributed by atoms with E-state index in [0.717, 1.165) is 22.3 Å². The maximum Gasteiger partial charge on any atom is 0.335 e. The zero-order valence-corrected chi connectivity index (χ0v) is 22.3. The highest BCUT2D eigenvalue weighted by Crippen LogP contribution is 2.35. The van der Waals surface area contributed by atoms with Crippen molar-refractivity contribution in [1.29, 1.82) is 0 Å². The number of fused-ring (bicyclic) bond motifs is 3. The Morgan fingerprint density at radius 3 is 2.78 bits per heavy atom. The Morgan fingerprint density at radius 2 is 1.98 bits per heavy atom. The number of benzene rings is 2. The standard InChI is InChI=1S/C29H26N6O6/c1-14-18-6-7-21(20(18)5-4-19(14)28(39)40)33-27(38)23-11-22(34-29-31-13-32-35(23)29)26(37)30-12-16-3-8-25-17(9-16)10-24(36)15(2)41-25/h3-5,8-9,11,13,15,21H,6-7,10,12H2,1-2H3,(H,30,37)(H,33,38)(H,39,40)/t15?,21-/m0/s1. The van der Waals surface area contributed by atoms with Gasteiger partial charge in [-0.2, -0.15) is 14.6 Å². The van der Waals surface area contributed by atoms with Crippen LogP contribution in [0, 0.1) is 6.92 Å². The molecule has 2 aliphatic rings. The summed E-state index contributed by atoms with van der Waals surface area (Å²) in [6.07, 6.45) is 2.29. The van der Waals surface area contributed by atoms with Crippen LogP contribution in [-0.4, -0.2) is 54.4 Å². The zero-order chi connectivity index (χ0) is 28.8. The van der Waals surface area contributed by atoms with E-state index in [2.05, 4.69) is 25.7 Å². The van der Waals surface area contributed by atoms with E-state index in [4.69, 9.17) is 4.74 Å². The molecule has 1 aliphatic heterocycles. The van der Waals surface area contributed by atoms with Gasteiger partial charge in [0.15, 0.2) is 11.9 Å². The van der Waals surface area contributed by atoms with Crippen molar-refractivity contribution in [2.24, 2.45) is 0 Å². The fourth-order valence-electron chi connectivity index (χ4n) is 5.44. The van der Waals surface area contributed by atoms with Crippen LogP contribution in [0.4, 0.5) is 0 Å². The lowest BCUT2D eigenvalue weighted by molar-refractivity contribution is -0.125. The minimum Gasteiger partial charge on any atom is -0.483 e. The fourth-order valence-corrected chi connectivity index (χ4v) is 5.44. The quantitative estimate of drug-likeness (QED) is 0.324. The van der Waals surface area contributed by atoms with Crippen molar-refractivity contribution in [3.8, 4) is 5.75 Å². The molecule has 2 amide bonds. The molecule has 2 atom stereocenters. The number of aromatic nitrogens is 4. The molecule has 1 unspecified atom stereocenters. The molecule has 1 aliphatic carbocycles. The molecule has 12 heteroatoms. The van der Waals surface area contributed by atoms with E-state index >= 15 is 0 Å². The van der Waals surface area contributed by atoms with Crippen LogP contribution in [0.2, 0.25) is 0 Å². The summed E-state index contributed by atoms with van der Waals surface area (Å²) in [6.45, 7) is 3.67. The number of nitrogens with zero attached hydrogens (tertiary/aromatic N) is 4. The van der Waals surface area contributed by atoms with Gasteiger partial charge in [-0.3, -0.25) is 14.4 Å². The van der Waals surface area contributed by atoms with Crippen LogP contribution in [0.15, 0.2) is 42.7 Å². The number of carbonyl (C=O) groups is 4. The molecule has 0 radical (unpaired) electrons. The van der Waals surface area contributed by atoms with E-state index in [1.165, 1.54) is 16.9 Å². The molecule has 0 bridgehead atoms. The summed E-state index contributed by atoms with van der Waals surface area (Å²) in [5.41, 5.74) is 4.36. The van der Waals surface area contributed by atoms with Gasteiger partial charge in [-0.25, -0.2) is 9.78 Å². The first-order valence-corrected chi connectivity index (χ1v) is 13.2. The van der Waals surface area contributed by atoms with Gasteiger partial charge in [0.25, 0.3) is 17.6 Å². The summed E-state index contributed by atoms with van der Waals surface area (Å²) in [5, 5.41) is 19.3. The van der Waals surface area contributed by atoms with Crippen molar-refractivity contribution in [1.82, 2.24) is 30.2 Å². The van der Waals surface area contributed by atoms with E-state index in [1.54, 1.807) is 32.0 Å². The molecule has 2 aromatic carbocycles. The van der Waals surface area contributed by atoms with Gasteiger partial charge in [0.05, 0.1) is 11.6 Å². The Bertz CT molecular complexity index is 1760. The van der Waals surface area contributed by atoms with Gasteiger partial charge >= 0.3 is 5.97 Å². The van der Waals surface area contributed by atoms with Gasteiger partial charge in [0.1, 0.15) is 23.5 Å². The Morgan fingerprint density at radius 1 is 1.15 bits per heavy atom. The monoisotopic (exact) mass is 554 g/mol. The summed E-state index contributed by atoms with van der Waals surface area (Å²) in [4.78, 5) is 58.4. The zero-order valence-electron chi connectivity index (χ0n) is 22.3. The lowest BCUT2D eigenvalue weighted by Gasteiger charge is -2.22. The minimum absolute atomic E-state index is 0.00320. The van der Waals surface area contributed by atoms with E-state index < -0.39 is 23.9 Å². The smallest absolute Gasteiger partial charge is 0.335 e. The largest absolute Gasteiger partial charge is 0.483 e. The highest BCUT2D eigenvalue weighted by atomic mass is 16.5. The number of carboxylic acid groups (broad SMARTS) is 1. The predicted octanol–water partition coefficient (Wildman–Crippen LogP) is 2.37. The first-order valence-electron chi connectivity index (χ1n) is 13.2. The lowest BCUT2D eigenvalue weighted by Crippen LogP contribution is -2.31. The molecule has 3 heterocycles. The first kappa shape index (κ1) is 26.1. The Labute approximate surface area is 233 Å². The van der Waals surface area contributed by atoms with Crippen LogP contribution in [0.5, 0.6) is 5.75 Å². The number of nitrogens with one attached hydrogen (secondary N) is 2. The van der Waals surface area contributed by atoms with Crippen LogP contribution < -0.4 is 15.4 Å². The van der Waals surface area contributed by atoms with Gasteiger partial charge < -0.3 is 20.5 Å². The van der Waals surface area contributed by atoms with Gasteiger partial charge in [0.2, 0.25) is 0 Å². The normalized spacial score (nSPS) is 17.5. The van der Waals surface area contributed by atoms with Gasteiger partial charge in [-0.15, -0.1) is 0 Å². The van der Waals surface area contributed by atoms with Crippen molar-refractivity contribution in [3.05, 3.63) is 87.5 Å². The molecule has 0 saturated carbocycles. The first-order chi connectivity index (χ1) is 19.7. The molecule has 12 nitrogen and oxygen atoms in total. The summed E-state index contributed by atoms with van der Waals surface area (Å²) < 4.78 is 6.89. The van der Waals surface area contributed by atoms with E-state index in [9.17, 15) is 24.3 Å². The minimum atomic E-state index is -0.987. The van der Waals surface area contributed by atoms with Crippen LogP contribution >= 0.6 is 0 Å². The number of hydrogen-bond donors (Lipinski definition) is 3. The van der Waals surface area contributed by atoms with Gasteiger partial charge in [-0.1, -0.05) is 12.1 Å². The number of ether oxygens (including phenoxy) is 1. The number of carboxylic acids is 1. The topological polar surface area (TPSA) is 165 Å². The van der Waals surface area contributed by atoms with Crippen LogP contribution in [0.3, 0.4) is 0 Å². The molecule has 4 aromatic rings. The molecule has 208 valence electrons. The second-order valence-corrected chi connectivity index (χ2v) is 10.2. The van der Waals surface area contributed by atoms with E-state index in [1.807, 2.05) is 12.1 Å². The molecule has 0 spiro atoms. The van der Waals surface area contributed by atoms with Gasteiger partial charge in [-0.05, 0) is 67.1 Å². The van der Waals surface area contributed by atoms with Crippen molar-refractivity contribution in [3.63, 3.8) is 0 Å². The summed E-state index contributed by atoms with van der Waals surface area (Å²) in [7, 11) is 0. The third-order valence-corrected chi connectivity index (χ3v) is 7.65. The molecule has 3 N–H and O–H groups in total. The summed E-state index contributed by atoms with van der Waals surface area (Å²) in [6, 6.07) is 9.76. The summed E-state index contributed by atoms with van der Waals surface area (Å²) >= 11 is 0. The van der Waals surface area contributed by atoms with Crippen molar-refractivity contribution >= 4 is 29.3 Å². The fraction of sp³-hybridized carbons (Fsp3) is 0.276. The number of aromatic carboxylic acids is 1. The number of ketones is 1. The lowest BCUT2D eigenvalue weighted by atomic mass is 9.98. The van der Waals surface area contributed by atoms with Crippen LogP contribution in [-0.2, 0) is 24.2 Å². The van der Waals surface area contributed by atoms with E-state index in [0.29, 0.717) is 24.2 Å². The number of hydrogen-bond acceptors (Lipinski definition) is 8. The Balaban J connectivity index is 1.20. The summed E-state index contributed by atoms with van der Waals surface area (Å²) in [5.74, 6) is -1.22. The second-order valence-electron chi connectivity index (χ2n) is 10.2. The number of amides is 2. The molecular weight excluding hydrogens is 528 g/mol. The van der Waals surface area contributed by atoms with Crippen molar-refractivity contribution in [2.75, 3.05) is 0 Å². The molecule has 6 rings (SSSR count). The average Bonchev–Trinajstić information content (AvgIpc) is 3.59. The molecule has 2 aromatic heterocycles. The molecular formula is C29H26N6O6. The van der Waals surface area contributed by atoms with Crippen LogP contribution in [0.1, 0.15) is 78.5 Å². The SMILES string of the molecule is Cc1c(C(=O)O)ccc2c1CC[C@@H]2NC(=O)c1cc(C(=O)NCc2ccc3c(c2)CC(=O)C(C)O3)nc2ncnn12. The number of carbonyl (C=O) groups excluding carboxylic acids is 3. The molecule has 41 heavy (non-hydrogen) atoms. The molecule has 0 saturated heterocycles. The highest BCUT2D eigenvalue weighted by molar-refractivity contribution is 5.98. The Hall–Kier alpha value is -5.13. The van der Waals surface area contributed by atoms with Crippen LogP contribution in [0.25, 0.3) is 5.78 Å². The van der Waals surface area contributed by atoms with Crippen molar-refractivity contribution < 1.29 is 29.0 Å².